The van der Waals surface area contributed by atoms with Crippen molar-refractivity contribution in [1.29, 1.82) is 0 Å². The lowest BCUT2D eigenvalue weighted by molar-refractivity contribution is -0.226. The van der Waals surface area contributed by atoms with Crippen LogP contribution in [0.2, 0.25) is 5.02 Å². The van der Waals surface area contributed by atoms with Gasteiger partial charge in [-0.25, -0.2) is 0 Å². The van der Waals surface area contributed by atoms with Gasteiger partial charge >= 0.3 is 5.97 Å². The van der Waals surface area contributed by atoms with Gasteiger partial charge in [0.1, 0.15) is 0 Å². The third-order valence-electron chi connectivity index (χ3n) is 9.82. The Morgan fingerprint density at radius 3 is 2.40 bits per heavy atom. The molecule has 1 aromatic rings. The Kier molecular flexibility index (Phi) is 5.40. The Morgan fingerprint density at radius 2 is 1.83 bits per heavy atom. The summed E-state index contributed by atoms with van der Waals surface area (Å²) in [6.07, 6.45) is 7.78. The van der Waals surface area contributed by atoms with Gasteiger partial charge < -0.3 is 9.64 Å². The number of ether oxygens (including phenoxy) is 1. The number of allylic oxidation sites excluding steroid dienone is 1. The molecule has 35 heavy (non-hydrogen) atoms. The van der Waals surface area contributed by atoms with Crippen molar-refractivity contribution < 1.29 is 14.3 Å². The number of benzene rings is 1. The highest BCUT2D eigenvalue weighted by molar-refractivity contribution is 6.31. The van der Waals surface area contributed by atoms with E-state index < -0.39 is 0 Å². The van der Waals surface area contributed by atoms with Crippen LogP contribution < -0.4 is 0 Å². The van der Waals surface area contributed by atoms with E-state index in [1.165, 1.54) is 23.8 Å². The number of nitrogens with zero attached hydrogens (tertiary/aromatic N) is 1. The topological polar surface area (TPSA) is 46.6 Å². The maximum atomic E-state index is 13.7. The number of carbonyl (C=O) groups excluding carboxylic acids is 2. The highest BCUT2D eigenvalue weighted by Gasteiger charge is 2.76. The summed E-state index contributed by atoms with van der Waals surface area (Å²) in [5, 5.41) is 0.812. The van der Waals surface area contributed by atoms with Gasteiger partial charge in [-0.3, -0.25) is 9.59 Å². The van der Waals surface area contributed by atoms with E-state index in [-0.39, 0.29) is 39.1 Å². The Bertz CT molecular complexity index is 1110. The van der Waals surface area contributed by atoms with Crippen molar-refractivity contribution in [1.82, 2.24) is 4.90 Å². The number of carbonyl (C=O) groups is 2. The number of methoxy groups -OCH3 is 1. The number of amides is 1. The summed E-state index contributed by atoms with van der Waals surface area (Å²) >= 11 is 6.85. The molecule has 1 aromatic carbocycles. The molecule has 4 nitrogen and oxygen atoms in total. The predicted octanol–water partition coefficient (Wildman–Crippen LogP) is 6.83. The molecule has 2 unspecified atom stereocenters. The molecule has 5 heteroatoms. The van der Waals surface area contributed by atoms with Crippen LogP contribution in [0.15, 0.2) is 30.0 Å². The van der Waals surface area contributed by atoms with Crippen LogP contribution in [0.25, 0.3) is 0 Å². The molecular formula is C30H40ClNO3. The van der Waals surface area contributed by atoms with Crippen LogP contribution >= 0.6 is 11.6 Å². The molecule has 1 heterocycles. The number of hydrogen-bond acceptors (Lipinski definition) is 3. The summed E-state index contributed by atoms with van der Waals surface area (Å²) in [6.45, 7) is 13.7. The lowest BCUT2D eigenvalue weighted by atomic mass is 9.38. The second-order valence-corrected chi connectivity index (χ2v) is 14.3. The summed E-state index contributed by atoms with van der Waals surface area (Å²) in [4.78, 5) is 28.0. The molecule has 0 saturated heterocycles. The zero-order chi connectivity index (χ0) is 25.6. The summed E-state index contributed by atoms with van der Waals surface area (Å²) < 4.78 is 5.03. The van der Waals surface area contributed by atoms with E-state index in [9.17, 15) is 9.59 Å². The molecule has 2 bridgehead atoms. The summed E-state index contributed by atoms with van der Waals surface area (Å²) in [5.74, 6) is 0.395. The van der Waals surface area contributed by atoms with Gasteiger partial charge in [0, 0.05) is 23.1 Å². The van der Waals surface area contributed by atoms with Gasteiger partial charge in [0.2, 0.25) is 5.91 Å². The molecule has 4 aliphatic carbocycles. The minimum atomic E-state index is -0.362. The maximum Gasteiger partial charge on any atom is 0.312 e. The zero-order valence-corrected chi connectivity index (χ0v) is 23.1. The summed E-state index contributed by atoms with van der Waals surface area (Å²) in [5.41, 5.74) is 3.15. The fourth-order valence-corrected chi connectivity index (χ4v) is 7.85. The van der Waals surface area contributed by atoms with Gasteiger partial charge in [-0.1, -0.05) is 65.3 Å². The molecule has 4 fully saturated rings. The fraction of sp³-hybridized carbons (Fsp3) is 0.667. The Labute approximate surface area is 215 Å². The summed E-state index contributed by atoms with van der Waals surface area (Å²) in [7, 11) is 1.46. The van der Waals surface area contributed by atoms with Crippen LogP contribution in [0.3, 0.4) is 0 Å². The number of halogens is 1. The van der Waals surface area contributed by atoms with Gasteiger partial charge in [0.05, 0.1) is 18.1 Å². The molecule has 0 aromatic heterocycles. The van der Waals surface area contributed by atoms with Crippen LogP contribution in [-0.2, 0) is 26.2 Å². The molecule has 1 amide bonds. The van der Waals surface area contributed by atoms with Crippen molar-refractivity contribution in [3.05, 3.63) is 46.1 Å². The maximum absolute atomic E-state index is 13.7. The molecule has 1 aliphatic heterocycles. The van der Waals surface area contributed by atoms with Gasteiger partial charge in [0.15, 0.2) is 0 Å². The van der Waals surface area contributed by atoms with Gasteiger partial charge in [-0.2, -0.15) is 0 Å². The van der Waals surface area contributed by atoms with E-state index in [0.29, 0.717) is 12.3 Å². The first-order valence-electron chi connectivity index (χ1n) is 13.1. The monoisotopic (exact) mass is 497 g/mol. The number of hydrogen-bond donors (Lipinski definition) is 0. The smallest absolute Gasteiger partial charge is 0.312 e. The van der Waals surface area contributed by atoms with E-state index in [2.05, 4.69) is 65.9 Å². The first-order chi connectivity index (χ1) is 16.2. The van der Waals surface area contributed by atoms with Crippen molar-refractivity contribution in [2.75, 3.05) is 7.11 Å². The first-order valence-corrected chi connectivity index (χ1v) is 13.5. The van der Waals surface area contributed by atoms with E-state index >= 15 is 0 Å². The molecule has 6 rings (SSSR count). The third-order valence-corrected chi connectivity index (χ3v) is 10.2. The highest BCUT2D eigenvalue weighted by Crippen LogP contribution is 2.72. The minimum absolute atomic E-state index is 0.0756. The molecule has 2 atom stereocenters. The predicted molar refractivity (Wildman–Crippen MR) is 139 cm³/mol. The van der Waals surface area contributed by atoms with Crippen LogP contribution in [0.5, 0.6) is 0 Å². The number of fused-ring (bicyclic) bond motifs is 1. The highest BCUT2D eigenvalue weighted by atomic mass is 35.5. The van der Waals surface area contributed by atoms with Crippen LogP contribution in [0, 0.1) is 22.2 Å². The number of aryl methyl sites for hydroxylation is 1. The second kappa shape index (κ2) is 7.60. The van der Waals surface area contributed by atoms with Gasteiger partial charge in [-0.05, 0) is 78.0 Å². The Hall–Kier alpha value is -1.81. The van der Waals surface area contributed by atoms with Gasteiger partial charge in [0.25, 0.3) is 0 Å². The fourth-order valence-electron chi connectivity index (χ4n) is 7.58. The normalized spacial score (nSPS) is 35.1. The average Bonchev–Trinajstić information content (AvgIpc) is 2.90. The van der Waals surface area contributed by atoms with E-state index in [1.807, 2.05) is 4.90 Å². The van der Waals surface area contributed by atoms with E-state index in [4.69, 9.17) is 16.3 Å². The second-order valence-electron chi connectivity index (χ2n) is 13.9. The van der Waals surface area contributed by atoms with Crippen LogP contribution in [0.1, 0.15) is 91.2 Å². The zero-order valence-electron chi connectivity index (χ0n) is 22.4. The molecule has 0 N–H and O–H groups in total. The van der Waals surface area contributed by atoms with E-state index in [1.54, 1.807) is 0 Å². The standard InChI is InChI=1S/C30H40ClNO3/c1-19-22-14-32(29-16-28(17-29,18-29)25(34)35-7)24(33)13-30(22,15-27(19,5)6)21-9-8-20(23(31)12-21)10-11-26(2,3)4/h8-9,12,14,19H,10-11,13,15-18H2,1-7H3. The van der Waals surface area contributed by atoms with Crippen molar-refractivity contribution in [2.45, 2.75) is 97.4 Å². The average molecular weight is 498 g/mol. The number of esters is 1. The molecule has 0 radical (unpaired) electrons. The summed E-state index contributed by atoms with van der Waals surface area (Å²) in [6, 6.07) is 6.55. The van der Waals surface area contributed by atoms with E-state index in [0.717, 1.165) is 43.5 Å². The molecule has 0 spiro atoms. The van der Waals surface area contributed by atoms with Gasteiger partial charge in [-0.15, -0.1) is 0 Å². The third kappa shape index (κ3) is 3.61. The molecule has 4 saturated carbocycles. The molecule has 5 aliphatic rings. The van der Waals surface area contributed by atoms with Crippen LogP contribution in [-0.4, -0.2) is 29.4 Å². The minimum Gasteiger partial charge on any atom is -0.469 e. The van der Waals surface area contributed by atoms with Crippen molar-refractivity contribution >= 4 is 23.5 Å². The quantitative estimate of drug-likeness (QED) is 0.418. The molecular weight excluding hydrogens is 458 g/mol. The van der Waals surface area contributed by atoms with Crippen molar-refractivity contribution in [3.8, 4) is 0 Å². The first kappa shape index (κ1) is 24.9. The van der Waals surface area contributed by atoms with Crippen LogP contribution in [0.4, 0.5) is 0 Å². The number of rotatable bonds is 5. The largest absolute Gasteiger partial charge is 0.469 e. The molecule has 190 valence electrons. The Morgan fingerprint density at radius 1 is 1.17 bits per heavy atom. The SMILES string of the molecule is COC(=O)C12CC(N3C=C4C(C)C(C)(C)CC4(c4ccc(CCC(C)(C)C)c(Cl)c4)CC3=O)(C1)C2. The Balaban J connectivity index is 1.48. The lowest BCUT2D eigenvalue weighted by Crippen LogP contribution is -2.77. The lowest BCUT2D eigenvalue weighted by Gasteiger charge is -2.71. The van der Waals surface area contributed by atoms with Crippen molar-refractivity contribution in [3.63, 3.8) is 0 Å². The van der Waals surface area contributed by atoms with Crippen molar-refractivity contribution in [2.24, 2.45) is 22.2 Å².